The number of nitrogens with zero attached hydrogens (tertiary/aromatic N) is 2. The van der Waals surface area contributed by atoms with E-state index in [4.69, 9.17) is 21.3 Å². The second kappa shape index (κ2) is 13.8. The highest BCUT2D eigenvalue weighted by molar-refractivity contribution is 6.31. The van der Waals surface area contributed by atoms with Gasteiger partial charge in [0.2, 0.25) is 11.8 Å². The number of H-pyrrole nitrogens is 1. The maximum absolute atomic E-state index is 13.8. The molecule has 4 N–H and O–H groups in total. The quantitative estimate of drug-likeness (QED) is 0.202. The van der Waals surface area contributed by atoms with Crippen LogP contribution in [-0.4, -0.2) is 73.1 Å². The number of methoxy groups -OCH3 is 1. The van der Waals surface area contributed by atoms with Crippen LogP contribution in [-0.2, 0) is 19.7 Å². The third-order valence-corrected chi connectivity index (χ3v) is 9.35. The molecule has 0 bridgehead atoms. The van der Waals surface area contributed by atoms with Crippen LogP contribution in [0.15, 0.2) is 42.5 Å². The van der Waals surface area contributed by atoms with Crippen molar-refractivity contribution < 1.29 is 19.1 Å². The topological polar surface area (TPSA) is 128 Å². The van der Waals surface area contributed by atoms with Gasteiger partial charge in [-0.2, -0.15) is 0 Å². The van der Waals surface area contributed by atoms with Crippen LogP contribution >= 0.6 is 11.6 Å². The summed E-state index contributed by atoms with van der Waals surface area (Å²) in [4.78, 5) is 49.6. The minimum atomic E-state index is -1.10. The molecule has 244 valence electrons. The minimum Gasteiger partial charge on any atom is -0.383 e. The van der Waals surface area contributed by atoms with E-state index in [1.807, 2.05) is 63.2 Å². The molecule has 2 aromatic carbocycles. The fourth-order valence-electron chi connectivity index (χ4n) is 5.97. The van der Waals surface area contributed by atoms with Gasteiger partial charge >= 0.3 is 6.03 Å². The van der Waals surface area contributed by atoms with Crippen LogP contribution in [0.4, 0.5) is 4.79 Å². The zero-order valence-electron chi connectivity index (χ0n) is 27.6. The van der Waals surface area contributed by atoms with Gasteiger partial charge in [-0.3, -0.25) is 9.59 Å². The maximum atomic E-state index is 13.8. The number of aromatic nitrogens is 2. The molecule has 0 aliphatic heterocycles. The molecular formula is C34H47ClN6O4. The number of fused-ring (bicyclic) bond motifs is 1. The normalized spacial score (nSPS) is 17.2. The molecule has 0 spiro atoms. The number of carbonyl (C=O) groups excluding carboxylic acids is 3. The van der Waals surface area contributed by atoms with Gasteiger partial charge in [-0.05, 0) is 67.3 Å². The number of rotatable bonds is 13. The zero-order chi connectivity index (χ0) is 33.1. The SMILES string of the molecule is CCNC(=O)[C@H](NC(=O)C(C)(COC)c1ccc2nc([C@@H](NC(=O)N(C)C)[C@H](c3ccccc3Cl)C3(C)CC3)[nH]c2c1)C(C)C. The maximum Gasteiger partial charge on any atom is 0.317 e. The summed E-state index contributed by atoms with van der Waals surface area (Å²) in [5.41, 5.74) is 1.89. The Bertz CT molecular complexity index is 1530. The van der Waals surface area contributed by atoms with Crippen molar-refractivity contribution in [2.45, 2.75) is 70.9 Å². The summed E-state index contributed by atoms with van der Waals surface area (Å²) in [7, 11) is 4.96. The summed E-state index contributed by atoms with van der Waals surface area (Å²) in [5, 5.41) is 9.64. The molecule has 1 fully saturated rings. The molecule has 1 aromatic heterocycles. The fraction of sp³-hybridized carbons (Fsp3) is 0.529. The lowest BCUT2D eigenvalue weighted by Gasteiger charge is -2.33. The Kier molecular flexibility index (Phi) is 10.5. The van der Waals surface area contributed by atoms with Crippen LogP contribution < -0.4 is 16.0 Å². The predicted molar refractivity (Wildman–Crippen MR) is 177 cm³/mol. The van der Waals surface area contributed by atoms with E-state index in [0.29, 0.717) is 34.0 Å². The Labute approximate surface area is 271 Å². The zero-order valence-corrected chi connectivity index (χ0v) is 28.3. The molecule has 4 amide bonds. The first-order valence-electron chi connectivity index (χ1n) is 15.6. The number of urea groups is 1. The van der Waals surface area contributed by atoms with Gasteiger partial charge in [0, 0.05) is 38.7 Å². The Morgan fingerprint density at radius 2 is 1.82 bits per heavy atom. The van der Waals surface area contributed by atoms with Crippen molar-refractivity contribution in [1.82, 2.24) is 30.8 Å². The molecule has 1 heterocycles. The van der Waals surface area contributed by atoms with E-state index in [2.05, 4.69) is 27.9 Å². The Morgan fingerprint density at radius 1 is 1.13 bits per heavy atom. The van der Waals surface area contributed by atoms with Crippen LogP contribution in [0.25, 0.3) is 11.0 Å². The summed E-state index contributed by atoms with van der Waals surface area (Å²) in [6.45, 7) is 10.2. The van der Waals surface area contributed by atoms with E-state index in [-0.39, 0.29) is 41.7 Å². The van der Waals surface area contributed by atoms with Crippen molar-refractivity contribution in [3.63, 3.8) is 0 Å². The number of benzene rings is 2. The molecule has 4 atom stereocenters. The summed E-state index contributed by atoms with van der Waals surface area (Å²) >= 11 is 6.76. The summed E-state index contributed by atoms with van der Waals surface area (Å²) in [6.07, 6.45) is 2.00. The van der Waals surface area contributed by atoms with E-state index in [0.717, 1.165) is 18.4 Å². The van der Waals surface area contributed by atoms with Crippen LogP contribution in [0.2, 0.25) is 5.02 Å². The van der Waals surface area contributed by atoms with Crippen LogP contribution in [0, 0.1) is 11.3 Å². The number of halogens is 1. The Morgan fingerprint density at radius 3 is 2.40 bits per heavy atom. The second-order valence-corrected chi connectivity index (χ2v) is 13.6. The van der Waals surface area contributed by atoms with Crippen molar-refractivity contribution in [3.8, 4) is 0 Å². The molecule has 0 saturated heterocycles. The standard InChI is InChI=1S/C34H47ClN6O4/c1-9-36-30(42)27(20(2)3)39-31(43)34(5,19-45-8)21-14-15-24-25(18-21)38-29(37-24)28(40-32(44)41(6)7)26(33(4)16-17-33)22-12-10-11-13-23(22)35/h10-15,18,20,26-28H,9,16-17,19H2,1-8H3,(H,36,42)(H,37,38)(H,39,43)(H,40,44)/t26-,27+,28-,34?/m0/s1. The third-order valence-electron chi connectivity index (χ3n) is 9.00. The fourth-order valence-corrected chi connectivity index (χ4v) is 6.23. The van der Waals surface area contributed by atoms with Crippen LogP contribution in [0.5, 0.6) is 0 Å². The van der Waals surface area contributed by atoms with Gasteiger partial charge in [0.25, 0.3) is 0 Å². The van der Waals surface area contributed by atoms with Gasteiger partial charge in [0.1, 0.15) is 11.9 Å². The lowest BCUT2D eigenvalue weighted by molar-refractivity contribution is -0.134. The van der Waals surface area contributed by atoms with E-state index in [1.165, 1.54) is 4.90 Å². The molecule has 45 heavy (non-hydrogen) atoms. The van der Waals surface area contributed by atoms with Crippen molar-refractivity contribution in [3.05, 3.63) is 64.4 Å². The van der Waals surface area contributed by atoms with Crippen molar-refractivity contribution in [2.24, 2.45) is 11.3 Å². The van der Waals surface area contributed by atoms with Crippen molar-refractivity contribution in [1.29, 1.82) is 0 Å². The molecule has 3 aromatic rings. The van der Waals surface area contributed by atoms with E-state index in [1.54, 1.807) is 28.1 Å². The molecule has 1 saturated carbocycles. The van der Waals surface area contributed by atoms with Gasteiger partial charge in [-0.15, -0.1) is 0 Å². The second-order valence-electron chi connectivity index (χ2n) is 13.2. The molecule has 10 nitrogen and oxygen atoms in total. The number of likely N-dealkylation sites (N-methyl/N-ethyl adjacent to an activating group) is 1. The van der Waals surface area contributed by atoms with Gasteiger partial charge in [0.15, 0.2) is 0 Å². The highest BCUT2D eigenvalue weighted by atomic mass is 35.5. The first kappa shape index (κ1) is 34.2. The first-order valence-corrected chi connectivity index (χ1v) is 15.9. The van der Waals surface area contributed by atoms with E-state index < -0.39 is 17.5 Å². The summed E-state index contributed by atoms with van der Waals surface area (Å²) in [5.74, 6) is -0.188. The molecule has 1 aliphatic rings. The van der Waals surface area contributed by atoms with Crippen molar-refractivity contribution in [2.75, 3.05) is 34.4 Å². The number of hydrogen-bond acceptors (Lipinski definition) is 5. The van der Waals surface area contributed by atoms with Crippen LogP contribution in [0.1, 0.15) is 76.4 Å². The number of nitrogens with one attached hydrogen (secondary N) is 4. The molecule has 1 unspecified atom stereocenters. The average Bonchev–Trinajstić information content (AvgIpc) is 3.58. The lowest BCUT2D eigenvalue weighted by atomic mass is 9.78. The highest BCUT2D eigenvalue weighted by Gasteiger charge is 2.51. The van der Waals surface area contributed by atoms with Gasteiger partial charge < -0.3 is 30.6 Å². The first-order chi connectivity index (χ1) is 21.3. The highest BCUT2D eigenvalue weighted by Crippen LogP contribution is 2.60. The van der Waals surface area contributed by atoms with Gasteiger partial charge in [0.05, 0.1) is 29.1 Å². The molecule has 4 rings (SSSR count). The van der Waals surface area contributed by atoms with Crippen LogP contribution in [0.3, 0.4) is 0 Å². The average molecular weight is 639 g/mol. The van der Waals surface area contributed by atoms with Crippen molar-refractivity contribution >= 4 is 40.5 Å². The molecule has 1 aliphatic carbocycles. The number of hydrogen-bond donors (Lipinski definition) is 4. The largest absolute Gasteiger partial charge is 0.383 e. The van der Waals surface area contributed by atoms with E-state index in [9.17, 15) is 14.4 Å². The third kappa shape index (κ3) is 7.28. The van der Waals surface area contributed by atoms with E-state index >= 15 is 0 Å². The minimum absolute atomic E-state index is 0.0778. The molecule has 11 heteroatoms. The monoisotopic (exact) mass is 638 g/mol. The number of carbonyl (C=O) groups is 3. The summed E-state index contributed by atoms with van der Waals surface area (Å²) in [6, 6.07) is 12.0. The number of ether oxygens (including phenoxy) is 1. The predicted octanol–water partition coefficient (Wildman–Crippen LogP) is 5.29. The number of amides is 4. The lowest BCUT2D eigenvalue weighted by Crippen LogP contribution is -2.55. The van der Waals surface area contributed by atoms with Gasteiger partial charge in [-0.25, -0.2) is 9.78 Å². The summed E-state index contributed by atoms with van der Waals surface area (Å²) < 4.78 is 5.54. The smallest absolute Gasteiger partial charge is 0.317 e. The number of aromatic amines is 1. The Hall–Kier alpha value is -3.63. The van der Waals surface area contributed by atoms with Gasteiger partial charge in [-0.1, -0.05) is 56.6 Å². The number of imidazole rings is 1. The Balaban J connectivity index is 1.77. The molecular weight excluding hydrogens is 592 g/mol. The molecule has 0 radical (unpaired) electrons.